The molecule has 7 aromatic rings. The Bertz CT molecular complexity index is 4130. The van der Waals surface area contributed by atoms with E-state index >= 15 is 0 Å². The average Bonchev–Trinajstić information content (AvgIpc) is 0.734. The van der Waals surface area contributed by atoms with E-state index in [1.165, 1.54) is 142 Å². The van der Waals surface area contributed by atoms with Crippen LogP contribution in [0.15, 0.2) is 127 Å². The van der Waals surface area contributed by atoms with Crippen LogP contribution in [-0.4, -0.2) is 194 Å². The van der Waals surface area contributed by atoms with Crippen LogP contribution in [0.4, 0.5) is 65.9 Å². The number of aromatic nitrogens is 7. The lowest BCUT2D eigenvalue weighted by molar-refractivity contribution is -0.260. The van der Waals surface area contributed by atoms with Gasteiger partial charge in [0, 0.05) is 56.5 Å². The first-order chi connectivity index (χ1) is 53.7. The lowest BCUT2D eigenvalue weighted by atomic mass is 9.88. The highest BCUT2D eigenvalue weighted by Crippen LogP contribution is 2.46. The van der Waals surface area contributed by atoms with Gasteiger partial charge < -0.3 is 71.5 Å². The summed E-state index contributed by atoms with van der Waals surface area (Å²) in [6.45, 7) is 14.7. The van der Waals surface area contributed by atoms with Crippen LogP contribution in [-0.2, 0) is 74.8 Å². The quantitative estimate of drug-likeness (QED) is 0.0145. The molecule has 7 rings (SSSR count). The number of carbonyl (C=O) groups excluding carboxylic acids is 2. The maximum Gasteiger partial charge on any atom is 0.424 e. The van der Waals surface area contributed by atoms with Gasteiger partial charge in [-0.3, -0.25) is 34.5 Å². The molecular formula is C72H91BrF15N7O20SSi. The minimum atomic E-state index is -4.97. The summed E-state index contributed by atoms with van der Waals surface area (Å²) in [5.41, 5.74) is -13.1. The predicted octanol–water partition coefficient (Wildman–Crippen LogP) is 16.2. The Morgan fingerprint density at radius 3 is 0.966 bits per heavy atom. The van der Waals surface area contributed by atoms with Gasteiger partial charge in [-0.1, -0.05) is 0 Å². The van der Waals surface area contributed by atoms with Gasteiger partial charge in [0.15, 0.2) is 77.6 Å². The number of ketones is 2. The second-order valence-corrected chi connectivity index (χ2v) is 33.0. The molecule has 0 saturated heterocycles. The first-order valence-corrected chi connectivity index (χ1v) is 39.2. The van der Waals surface area contributed by atoms with Crippen LogP contribution in [0.2, 0.25) is 19.6 Å². The molecule has 117 heavy (non-hydrogen) atoms. The van der Waals surface area contributed by atoms with Crippen molar-refractivity contribution in [3.63, 3.8) is 0 Å². The molecule has 656 valence electrons. The Kier molecular flexibility index (Phi) is 42.3. The molecule has 0 amide bonds. The number of Topliss-reactive ketones (excluding diaryl/α,β-unsaturated/α-hetero) is 2. The monoisotopic (exact) mass is 1800 g/mol. The van der Waals surface area contributed by atoms with E-state index in [1.807, 2.05) is 0 Å². The van der Waals surface area contributed by atoms with E-state index in [9.17, 15) is 89.0 Å². The van der Waals surface area contributed by atoms with E-state index in [0.29, 0.717) is 59.0 Å². The molecule has 2 N–H and O–H groups in total. The minimum Gasteiger partial charge on any atom is -0.506 e. The number of hydrogen-bond acceptors (Lipinski definition) is 27. The number of hydrogen-bond donors (Lipinski definition) is 2. The van der Waals surface area contributed by atoms with Crippen molar-refractivity contribution in [3.8, 4) is 40.2 Å². The van der Waals surface area contributed by atoms with Gasteiger partial charge in [0.05, 0.1) is 82.6 Å². The van der Waals surface area contributed by atoms with Crippen LogP contribution in [0.25, 0.3) is 0 Å². The van der Waals surface area contributed by atoms with Crippen molar-refractivity contribution >= 4 is 45.9 Å². The summed E-state index contributed by atoms with van der Waals surface area (Å²) in [5.74, 6) is 1.97. The van der Waals surface area contributed by atoms with Gasteiger partial charge in [0.1, 0.15) is 56.7 Å². The van der Waals surface area contributed by atoms with Crippen LogP contribution in [0.1, 0.15) is 112 Å². The Hall–Kier alpha value is -8.77. The van der Waals surface area contributed by atoms with E-state index in [2.05, 4.69) is 69.2 Å². The Labute approximate surface area is 674 Å². The van der Waals surface area contributed by atoms with Gasteiger partial charge in [-0.25, -0.2) is 14.2 Å². The number of aromatic hydroxyl groups is 1. The van der Waals surface area contributed by atoms with Crippen LogP contribution >= 0.6 is 15.9 Å². The van der Waals surface area contributed by atoms with E-state index < -0.39 is 88.3 Å². The largest absolute Gasteiger partial charge is 0.506 e. The van der Waals surface area contributed by atoms with Crippen molar-refractivity contribution in [2.24, 2.45) is 0 Å². The first-order valence-electron chi connectivity index (χ1n) is 33.2. The molecule has 45 heteroatoms. The molecular weight excluding hydrogens is 1710 g/mol. The summed E-state index contributed by atoms with van der Waals surface area (Å²) in [6.07, 6.45) is -13.9. The highest BCUT2D eigenvalue weighted by atomic mass is 79.9. The van der Waals surface area contributed by atoms with E-state index in [0.717, 1.165) is 59.1 Å². The van der Waals surface area contributed by atoms with Crippen molar-refractivity contribution < 1.29 is 160 Å². The molecule has 7 aromatic heterocycles. The third kappa shape index (κ3) is 35.4. The van der Waals surface area contributed by atoms with Crippen LogP contribution < -0.4 is 28.4 Å². The van der Waals surface area contributed by atoms with E-state index in [-0.39, 0.29) is 86.7 Å². The van der Waals surface area contributed by atoms with Gasteiger partial charge in [-0.05, 0) is 163 Å². The molecule has 7 heterocycles. The zero-order valence-corrected chi connectivity index (χ0v) is 70.0. The minimum absolute atomic E-state index is 0.00227. The normalized spacial score (nSPS) is 13.5. The SMILES string of the molecule is CC(=O)c1ccc(O)cn1.COCOc1ccc(C(C)(C)C(F)(F)F)nc1.COCOc1ccc(C(C)(O)C(F)(F)F)nc1.COCOc1ccc(C(C)(OS(C)(=O)=O)C(F)(F)F)nc1.COCOc1ccc(C(C)(O[Si](C)(C)C)C(F)(F)F)nc1.COCOc1ccc(C(C)=O)nc1.COCOc1cnc(C(C)(C)C(F)(F)F)cc1Br. The number of aliphatic hydroxyl groups is 1. The number of alkyl halides is 15. The average molecular weight is 1800 g/mol. The summed E-state index contributed by atoms with van der Waals surface area (Å²) in [7, 11) is 1.90. The molecule has 0 saturated carbocycles. The lowest BCUT2D eigenvalue weighted by Crippen LogP contribution is -2.49. The maximum atomic E-state index is 13.4. The van der Waals surface area contributed by atoms with Crippen LogP contribution in [0.3, 0.4) is 0 Å². The van der Waals surface area contributed by atoms with Crippen LogP contribution in [0.5, 0.6) is 40.2 Å². The second kappa shape index (κ2) is 46.5. The summed E-state index contributed by atoms with van der Waals surface area (Å²) < 4.78 is 284. The fourth-order valence-electron chi connectivity index (χ4n) is 7.82. The number of ether oxygens (including phenoxy) is 12. The van der Waals surface area contributed by atoms with Gasteiger partial charge in [0.2, 0.25) is 5.60 Å². The zero-order valence-electron chi connectivity index (χ0n) is 66.6. The van der Waals surface area contributed by atoms with Crippen molar-refractivity contribution in [1.29, 1.82) is 0 Å². The van der Waals surface area contributed by atoms with E-state index in [4.69, 9.17) is 52.2 Å². The topological polar surface area (TPSA) is 328 Å². The van der Waals surface area contributed by atoms with Gasteiger partial charge in [-0.2, -0.15) is 74.3 Å². The molecule has 3 unspecified atom stereocenters. The zero-order chi connectivity index (χ0) is 90.0. The number of carbonyl (C=O) groups is 2. The summed E-state index contributed by atoms with van der Waals surface area (Å²) in [4.78, 5) is 47.5. The van der Waals surface area contributed by atoms with Crippen LogP contribution in [0, 0.1) is 0 Å². The predicted molar refractivity (Wildman–Crippen MR) is 395 cm³/mol. The Balaban J connectivity index is 0.000000689. The fourth-order valence-corrected chi connectivity index (χ4v) is 10.5. The highest BCUT2D eigenvalue weighted by molar-refractivity contribution is 9.10. The smallest absolute Gasteiger partial charge is 0.424 e. The molecule has 0 spiro atoms. The van der Waals surface area contributed by atoms with Gasteiger partial charge >= 0.3 is 30.9 Å². The van der Waals surface area contributed by atoms with Gasteiger partial charge in [-0.15, -0.1) is 0 Å². The summed E-state index contributed by atoms with van der Waals surface area (Å²) in [6, 6.07) is 17.5. The maximum absolute atomic E-state index is 13.4. The first kappa shape index (κ1) is 106. The fraction of sp³-hybridized carbons (Fsp3) is 0.486. The third-order valence-corrected chi connectivity index (χ3v) is 16.9. The molecule has 0 aromatic carbocycles. The number of methoxy groups -OCH3 is 6. The summed E-state index contributed by atoms with van der Waals surface area (Å²) in [5, 5.41) is 18.1. The highest BCUT2D eigenvalue weighted by Gasteiger charge is 2.59. The molecule has 0 fully saturated rings. The lowest BCUT2D eigenvalue weighted by Gasteiger charge is -2.37. The molecule has 27 nitrogen and oxygen atoms in total. The molecule has 0 bridgehead atoms. The number of pyridine rings is 7. The van der Waals surface area contributed by atoms with Crippen molar-refractivity contribution in [2.45, 2.75) is 140 Å². The van der Waals surface area contributed by atoms with Gasteiger partial charge in [0.25, 0.3) is 10.1 Å². The second-order valence-electron chi connectivity index (χ2n) is 26.1. The summed E-state index contributed by atoms with van der Waals surface area (Å²) >= 11 is 3.15. The molecule has 0 aliphatic heterocycles. The van der Waals surface area contributed by atoms with Crippen molar-refractivity contribution in [1.82, 2.24) is 34.9 Å². The third-order valence-electron chi connectivity index (χ3n) is 14.7. The number of rotatable bonds is 29. The Morgan fingerprint density at radius 2 is 0.701 bits per heavy atom. The number of nitrogens with zero attached hydrogens (tertiary/aromatic N) is 7. The standard InChI is InChI=1S/C13H20F3NO3Si.C11H13BrF3NO2.C11H14F3NO5S.C11H14F3NO2.C10H12F3NO3.C9H11NO3.C7H7NO2/c1-12(13(14,15)16,20-21(3,4)5)11-7-6-10(8-17-11)19-9-18-2;1-10(2,11(13,14)15)9-4-7(12)8(5-16-9)18-6-17-3;1-10(11(12,13)14,20-21(3,16)17)9-5-4-8(6-15-9)19-7-18-2;1-10(2,11(12,13)14)9-5-4-8(6-15-9)17-7-16-3;1-9(15,10(11,12)13)8-4-3-7(5-14-8)17-6-16-2;1-7(11)9-4-3-8(5-10-9)13-6-12-2;1-5(9)7-3-2-6(10)4-8-7/h6-8H,9H2,1-5H3;4-5H,6H2,1-3H3;4-6H,7H2,1-3H3;4-6H,7H2,1-3H3;3-5,15H,6H2,1-2H3;3-5H,6H2,1-2H3;2-4,10H,1H3. The Morgan fingerprint density at radius 1 is 0.402 bits per heavy atom. The molecule has 0 aliphatic carbocycles. The van der Waals surface area contributed by atoms with Crippen molar-refractivity contribution in [3.05, 3.63) is 167 Å². The molecule has 3 atom stereocenters. The van der Waals surface area contributed by atoms with E-state index in [1.54, 1.807) is 31.8 Å². The molecule has 0 aliphatic rings. The number of halogens is 16. The molecule has 0 radical (unpaired) electrons. The van der Waals surface area contributed by atoms with Crippen molar-refractivity contribution in [2.75, 3.05) is 89.7 Å².